The number of ether oxygens (including phenoxy) is 1. The molecule has 3 aliphatic rings. The van der Waals surface area contributed by atoms with Crippen molar-refractivity contribution in [2.24, 2.45) is 5.92 Å². The minimum atomic E-state index is -0.344. The van der Waals surface area contributed by atoms with Crippen LogP contribution in [-0.4, -0.2) is 70.2 Å². The van der Waals surface area contributed by atoms with Gasteiger partial charge in [0.1, 0.15) is 5.60 Å². The number of nitrogens with one attached hydrogen (secondary N) is 1. The molecule has 1 aromatic carbocycles. The van der Waals surface area contributed by atoms with Crippen molar-refractivity contribution in [2.45, 2.75) is 31.3 Å². The summed E-state index contributed by atoms with van der Waals surface area (Å²) < 4.78 is 6.03. The van der Waals surface area contributed by atoms with Crippen molar-refractivity contribution in [3.05, 3.63) is 40.3 Å². The van der Waals surface area contributed by atoms with Gasteiger partial charge in [0, 0.05) is 24.9 Å². The molecule has 3 saturated heterocycles. The Morgan fingerprint density at radius 1 is 1.14 bits per heavy atom. The zero-order valence-electron chi connectivity index (χ0n) is 16.2. The predicted molar refractivity (Wildman–Crippen MR) is 105 cm³/mol. The number of benzene rings is 1. The summed E-state index contributed by atoms with van der Waals surface area (Å²) in [5.41, 5.74) is -0.389. The highest BCUT2D eigenvalue weighted by Gasteiger charge is 2.52. The molecule has 3 fully saturated rings. The zero-order chi connectivity index (χ0) is 20.0. The van der Waals surface area contributed by atoms with Gasteiger partial charge in [-0.1, -0.05) is 18.2 Å². The summed E-state index contributed by atoms with van der Waals surface area (Å²) in [5, 5.41) is 7.44. The first kappa shape index (κ1) is 18.3. The number of hydrogen-bond donors (Lipinski definition) is 1. The smallest absolute Gasteiger partial charge is 0.275 e. The fraction of sp³-hybridized carbons (Fsp3) is 0.524. The highest BCUT2D eigenvalue weighted by molar-refractivity contribution is 6.05. The fourth-order valence-corrected chi connectivity index (χ4v) is 4.85. The summed E-state index contributed by atoms with van der Waals surface area (Å²) in [4.78, 5) is 40.9. The van der Waals surface area contributed by atoms with Crippen molar-refractivity contribution in [2.75, 3.05) is 32.8 Å². The Hall–Kier alpha value is -2.74. The Bertz CT molecular complexity index is 1020. The van der Waals surface area contributed by atoms with E-state index >= 15 is 0 Å². The summed E-state index contributed by atoms with van der Waals surface area (Å²) in [6, 6.07) is 6.99. The number of hydrogen-bond acceptors (Lipinski definition) is 5. The van der Waals surface area contributed by atoms with Crippen molar-refractivity contribution in [1.82, 2.24) is 20.0 Å². The van der Waals surface area contributed by atoms with Gasteiger partial charge in [-0.15, -0.1) is 0 Å². The molecule has 152 valence electrons. The van der Waals surface area contributed by atoms with E-state index in [1.54, 1.807) is 29.2 Å². The molecule has 1 spiro atoms. The molecule has 0 radical (unpaired) electrons. The highest BCUT2D eigenvalue weighted by Crippen LogP contribution is 2.40. The number of nitrogens with zero attached hydrogens (tertiary/aromatic N) is 3. The van der Waals surface area contributed by atoms with E-state index in [1.807, 2.05) is 4.90 Å². The number of aromatic amines is 1. The van der Waals surface area contributed by atoms with E-state index in [0.29, 0.717) is 36.9 Å². The van der Waals surface area contributed by atoms with Gasteiger partial charge in [0.25, 0.3) is 11.5 Å². The molecule has 0 bridgehead atoms. The van der Waals surface area contributed by atoms with Crippen LogP contribution in [-0.2, 0) is 9.53 Å². The molecule has 4 heterocycles. The molecule has 2 amide bonds. The molecule has 1 N–H and O–H groups in total. The first-order valence-corrected chi connectivity index (χ1v) is 10.2. The summed E-state index contributed by atoms with van der Waals surface area (Å²) in [5.74, 6) is 0.236. The second-order valence-electron chi connectivity index (χ2n) is 8.46. The standard InChI is InChI=1S/C21H24N4O4/c26-17(24-7-3-4-8-24)9-14-10-21(29-11-14)12-25(13-21)20(28)18-15-5-1-2-6-16(15)19(27)23-22-18/h1-2,5-6,14H,3-4,7-13H2,(H,23,27). The van der Waals surface area contributed by atoms with Crippen LogP contribution in [0.2, 0.25) is 0 Å². The number of fused-ring (bicyclic) bond motifs is 1. The van der Waals surface area contributed by atoms with Crippen molar-refractivity contribution < 1.29 is 14.3 Å². The van der Waals surface area contributed by atoms with Gasteiger partial charge in [0.05, 0.1) is 25.1 Å². The third-order valence-corrected chi connectivity index (χ3v) is 6.35. The van der Waals surface area contributed by atoms with Gasteiger partial charge in [0.15, 0.2) is 5.69 Å². The van der Waals surface area contributed by atoms with E-state index in [-0.39, 0.29) is 34.6 Å². The maximum Gasteiger partial charge on any atom is 0.275 e. The Balaban J connectivity index is 1.23. The summed E-state index contributed by atoms with van der Waals surface area (Å²) in [6.07, 6.45) is 3.53. The van der Waals surface area contributed by atoms with Crippen LogP contribution in [0.15, 0.2) is 29.1 Å². The SMILES string of the molecule is O=C(CC1COC2(C1)CN(C(=O)c1n[nH]c(=O)c3ccccc13)C2)N1CCCC1. The van der Waals surface area contributed by atoms with Gasteiger partial charge in [-0.2, -0.15) is 5.10 Å². The minimum Gasteiger partial charge on any atom is -0.371 e. The van der Waals surface area contributed by atoms with Gasteiger partial charge in [-0.05, 0) is 31.2 Å². The Labute approximate surface area is 167 Å². The van der Waals surface area contributed by atoms with Gasteiger partial charge in [0.2, 0.25) is 5.91 Å². The van der Waals surface area contributed by atoms with Crippen LogP contribution < -0.4 is 5.56 Å². The number of H-pyrrole nitrogens is 1. The van der Waals surface area contributed by atoms with Crippen LogP contribution in [0.25, 0.3) is 10.8 Å². The Morgan fingerprint density at radius 3 is 2.62 bits per heavy atom. The molecule has 1 unspecified atom stereocenters. The van der Waals surface area contributed by atoms with Crippen LogP contribution in [0.1, 0.15) is 36.2 Å². The molecule has 1 aromatic heterocycles. The summed E-state index contributed by atoms with van der Waals surface area (Å²) in [6.45, 7) is 3.31. The minimum absolute atomic E-state index is 0.205. The van der Waals surface area contributed by atoms with E-state index in [2.05, 4.69) is 10.2 Å². The lowest BCUT2D eigenvalue weighted by Gasteiger charge is -2.47. The number of aromatic nitrogens is 2. The first-order valence-electron chi connectivity index (χ1n) is 10.2. The number of carbonyl (C=O) groups is 2. The van der Waals surface area contributed by atoms with Crippen LogP contribution in [0.5, 0.6) is 0 Å². The maximum atomic E-state index is 13.0. The first-order chi connectivity index (χ1) is 14.0. The Morgan fingerprint density at radius 2 is 1.86 bits per heavy atom. The highest BCUT2D eigenvalue weighted by atomic mass is 16.5. The molecule has 29 heavy (non-hydrogen) atoms. The van der Waals surface area contributed by atoms with Crippen molar-refractivity contribution in [3.63, 3.8) is 0 Å². The van der Waals surface area contributed by atoms with Crippen LogP contribution >= 0.6 is 0 Å². The molecule has 8 nitrogen and oxygen atoms in total. The van der Waals surface area contributed by atoms with Crippen molar-refractivity contribution in [1.29, 1.82) is 0 Å². The quantitative estimate of drug-likeness (QED) is 0.840. The summed E-state index contributed by atoms with van der Waals surface area (Å²) >= 11 is 0. The molecule has 3 aliphatic heterocycles. The van der Waals surface area contributed by atoms with Gasteiger partial charge < -0.3 is 14.5 Å². The molecule has 0 saturated carbocycles. The van der Waals surface area contributed by atoms with Crippen LogP contribution in [0.4, 0.5) is 0 Å². The van der Waals surface area contributed by atoms with Crippen molar-refractivity contribution in [3.8, 4) is 0 Å². The normalized spacial score (nSPS) is 23.0. The van der Waals surface area contributed by atoms with E-state index in [0.717, 1.165) is 32.4 Å². The second kappa shape index (κ2) is 6.95. The zero-order valence-corrected chi connectivity index (χ0v) is 16.2. The summed E-state index contributed by atoms with van der Waals surface area (Å²) in [7, 11) is 0. The number of carbonyl (C=O) groups excluding carboxylic acids is 2. The average molecular weight is 396 g/mol. The molecule has 8 heteroatoms. The van der Waals surface area contributed by atoms with Gasteiger partial charge in [-0.3, -0.25) is 14.4 Å². The molecular formula is C21H24N4O4. The van der Waals surface area contributed by atoms with Gasteiger partial charge >= 0.3 is 0 Å². The lowest BCUT2D eigenvalue weighted by molar-refractivity contribution is -0.131. The lowest BCUT2D eigenvalue weighted by Crippen LogP contribution is -2.63. The van der Waals surface area contributed by atoms with Crippen LogP contribution in [0, 0.1) is 5.92 Å². The molecule has 5 rings (SSSR count). The third kappa shape index (κ3) is 3.21. The average Bonchev–Trinajstić information content (AvgIpc) is 3.37. The monoisotopic (exact) mass is 396 g/mol. The number of likely N-dealkylation sites (tertiary alicyclic amines) is 2. The van der Waals surface area contributed by atoms with Gasteiger partial charge in [-0.25, -0.2) is 5.10 Å². The van der Waals surface area contributed by atoms with Crippen LogP contribution in [0.3, 0.4) is 0 Å². The molecule has 0 aliphatic carbocycles. The molecular weight excluding hydrogens is 372 g/mol. The lowest BCUT2D eigenvalue weighted by atomic mass is 9.85. The van der Waals surface area contributed by atoms with E-state index < -0.39 is 0 Å². The molecule has 2 aromatic rings. The number of amides is 2. The Kier molecular flexibility index (Phi) is 4.38. The topological polar surface area (TPSA) is 95.6 Å². The molecule has 1 atom stereocenters. The van der Waals surface area contributed by atoms with E-state index in [1.165, 1.54) is 0 Å². The predicted octanol–water partition coefficient (Wildman–Crippen LogP) is 1.17. The van der Waals surface area contributed by atoms with E-state index in [4.69, 9.17) is 4.74 Å². The van der Waals surface area contributed by atoms with Crippen molar-refractivity contribution >= 4 is 22.6 Å². The van der Waals surface area contributed by atoms with E-state index in [9.17, 15) is 14.4 Å². The largest absolute Gasteiger partial charge is 0.371 e. The third-order valence-electron chi connectivity index (χ3n) is 6.35. The maximum absolute atomic E-state index is 13.0. The second-order valence-corrected chi connectivity index (χ2v) is 8.46. The number of rotatable bonds is 3. The fourth-order valence-electron chi connectivity index (χ4n) is 4.85.